The summed E-state index contributed by atoms with van der Waals surface area (Å²) in [6.07, 6.45) is 1.04. The van der Waals surface area contributed by atoms with E-state index in [2.05, 4.69) is 33.0 Å². The highest BCUT2D eigenvalue weighted by Gasteiger charge is 2.25. The van der Waals surface area contributed by atoms with Gasteiger partial charge < -0.3 is 10.1 Å². The number of nitrogens with one attached hydrogen (secondary N) is 1. The van der Waals surface area contributed by atoms with Crippen molar-refractivity contribution >= 4 is 11.3 Å². The zero-order chi connectivity index (χ0) is 13.1. The molecule has 1 N–H and O–H groups in total. The third kappa shape index (κ3) is 3.76. The number of ether oxygens (including phenoxy) is 1. The molecule has 0 aliphatic rings. The second-order valence-electron chi connectivity index (χ2n) is 5.23. The van der Waals surface area contributed by atoms with E-state index < -0.39 is 0 Å². The van der Waals surface area contributed by atoms with Crippen molar-refractivity contribution in [3.63, 3.8) is 0 Å². The standard InChI is InChI=1S/C13H24N2OS/c1-9(2)7-10-11(8-14-5)17-12(15-10)13(3,4)16-6/h9,14H,7-8H2,1-6H3. The van der Waals surface area contributed by atoms with E-state index in [-0.39, 0.29) is 5.60 Å². The molecular weight excluding hydrogens is 232 g/mol. The van der Waals surface area contributed by atoms with Crippen LogP contribution in [0.25, 0.3) is 0 Å². The van der Waals surface area contributed by atoms with Crippen LogP contribution in [0.3, 0.4) is 0 Å². The van der Waals surface area contributed by atoms with Gasteiger partial charge in [0.25, 0.3) is 0 Å². The Morgan fingerprint density at radius 2 is 2.06 bits per heavy atom. The molecule has 1 aromatic heterocycles. The third-order valence-corrected chi connectivity index (χ3v) is 4.15. The fraction of sp³-hybridized carbons (Fsp3) is 0.769. The van der Waals surface area contributed by atoms with E-state index >= 15 is 0 Å². The number of rotatable bonds is 6. The summed E-state index contributed by atoms with van der Waals surface area (Å²) in [5.41, 5.74) is 0.932. The first-order chi connectivity index (χ1) is 7.90. The highest BCUT2D eigenvalue weighted by molar-refractivity contribution is 7.11. The van der Waals surface area contributed by atoms with Crippen LogP contribution >= 0.6 is 11.3 Å². The van der Waals surface area contributed by atoms with E-state index in [0.717, 1.165) is 18.0 Å². The summed E-state index contributed by atoms with van der Waals surface area (Å²) in [7, 11) is 3.71. The van der Waals surface area contributed by atoms with Crippen LogP contribution in [0.4, 0.5) is 0 Å². The van der Waals surface area contributed by atoms with Crippen molar-refractivity contribution in [2.45, 2.75) is 46.3 Å². The maximum absolute atomic E-state index is 5.50. The average Bonchev–Trinajstić information content (AvgIpc) is 2.62. The SMILES string of the molecule is CNCc1sc(C(C)(C)OC)nc1CC(C)C. The summed E-state index contributed by atoms with van der Waals surface area (Å²) in [5.74, 6) is 0.631. The minimum Gasteiger partial charge on any atom is -0.372 e. The van der Waals surface area contributed by atoms with Crippen molar-refractivity contribution in [1.82, 2.24) is 10.3 Å². The summed E-state index contributed by atoms with van der Waals surface area (Å²) < 4.78 is 5.50. The Hall–Kier alpha value is -0.450. The van der Waals surface area contributed by atoms with E-state index in [1.807, 2.05) is 7.05 Å². The zero-order valence-electron chi connectivity index (χ0n) is 11.8. The van der Waals surface area contributed by atoms with Crippen LogP contribution in [0.2, 0.25) is 0 Å². The summed E-state index contributed by atoms with van der Waals surface area (Å²) in [6, 6.07) is 0. The Labute approximate surface area is 109 Å². The quantitative estimate of drug-likeness (QED) is 0.849. The second kappa shape index (κ2) is 5.94. The first-order valence-corrected chi connectivity index (χ1v) is 6.91. The fourth-order valence-electron chi connectivity index (χ4n) is 1.57. The van der Waals surface area contributed by atoms with Gasteiger partial charge in [-0.25, -0.2) is 4.98 Å². The van der Waals surface area contributed by atoms with Crippen LogP contribution in [0.5, 0.6) is 0 Å². The number of hydrogen-bond donors (Lipinski definition) is 1. The molecule has 0 radical (unpaired) electrons. The fourth-order valence-corrected chi connectivity index (χ4v) is 2.75. The summed E-state index contributed by atoms with van der Waals surface area (Å²) in [4.78, 5) is 6.10. The van der Waals surface area contributed by atoms with Crippen molar-refractivity contribution < 1.29 is 4.74 Å². The maximum Gasteiger partial charge on any atom is 0.125 e. The molecule has 0 amide bonds. The molecule has 4 heteroatoms. The van der Waals surface area contributed by atoms with Gasteiger partial charge in [0.2, 0.25) is 0 Å². The first kappa shape index (κ1) is 14.6. The Morgan fingerprint density at radius 3 is 2.53 bits per heavy atom. The van der Waals surface area contributed by atoms with Gasteiger partial charge in [-0.05, 0) is 33.2 Å². The van der Waals surface area contributed by atoms with Crippen molar-refractivity contribution in [2.75, 3.05) is 14.2 Å². The van der Waals surface area contributed by atoms with Crippen LogP contribution in [0.1, 0.15) is 43.3 Å². The molecule has 0 saturated carbocycles. The van der Waals surface area contributed by atoms with Crippen molar-refractivity contribution in [3.05, 3.63) is 15.6 Å². The Kier molecular flexibility index (Phi) is 5.10. The minimum absolute atomic E-state index is 0.289. The lowest BCUT2D eigenvalue weighted by molar-refractivity contribution is 0.0189. The summed E-state index contributed by atoms with van der Waals surface area (Å²) in [5, 5.41) is 4.28. The monoisotopic (exact) mass is 256 g/mol. The molecule has 0 unspecified atom stereocenters. The molecule has 98 valence electrons. The van der Waals surface area contributed by atoms with Gasteiger partial charge in [0.1, 0.15) is 10.6 Å². The maximum atomic E-state index is 5.50. The molecule has 1 rings (SSSR count). The number of nitrogens with zero attached hydrogens (tertiary/aromatic N) is 1. The van der Waals surface area contributed by atoms with Crippen LogP contribution in [0.15, 0.2) is 0 Å². The molecule has 1 aromatic rings. The zero-order valence-corrected chi connectivity index (χ0v) is 12.6. The lowest BCUT2D eigenvalue weighted by atomic mass is 10.1. The van der Waals surface area contributed by atoms with Gasteiger partial charge in [-0.2, -0.15) is 0 Å². The molecule has 0 aromatic carbocycles. The largest absolute Gasteiger partial charge is 0.372 e. The van der Waals surface area contributed by atoms with E-state index in [0.29, 0.717) is 5.92 Å². The summed E-state index contributed by atoms with van der Waals surface area (Å²) in [6.45, 7) is 9.47. The minimum atomic E-state index is -0.289. The molecule has 1 heterocycles. The molecule has 0 bridgehead atoms. The predicted octanol–water partition coefficient (Wildman–Crippen LogP) is 2.94. The van der Waals surface area contributed by atoms with Crippen molar-refractivity contribution in [2.24, 2.45) is 5.92 Å². The van der Waals surface area contributed by atoms with Gasteiger partial charge in [-0.15, -0.1) is 11.3 Å². The van der Waals surface area contributed by atoms with Gasteiger partial charge in [-0.1, -0.05) is 13.8 Å². The molecule has 0 aliphatic heterocycles. The van der Waals surface area contributed by atoms with Crippen LogP contribution < -0.4 is 5.32 Å². The Bertz CT molecular complexity index is 358. The molecule has 3 nitrogen and oxygen atoms in total. The van der Waals surface area contributed by atoms with Crippen molar-refractivity contribution in [3.8, 4) is 0 Å². The van der Waals surface area contributed by atoms with Crippen LogP contribution in [-0.2, 0) is 23.3 Å². The van der Waals surface area contributed by atoms with Crippen LogP contribution in [-0.4, -0.2) is 19.1 Å². The van der Waals surface area contributed by atoms with Gasteiger partial charge in [0, 0.05) is 18.5 Å². The van der Waals surface area contributed by atoms with Gasteiger partial charge >= 0.3 is 0 Å². The van der Waals surface area contributed by atoms with Crippen molar-refractivity contribution in [1.29, 1.82) is 0 Å². The highest BCUT2D eigenvalue weighted by Crippen LogP contribution is 2.31. The normalized spacial score (nSPS) is 12.4. The lowest BCUT2D eigenvalue weighted by Crippen LogP contribution is -2.19. The molecule has 0 spiro atoms. The third-order valence-electron chi connectivity index (χ3n) is 2.74. The van der Waals surface area contributed by atoms with E-state index in [9.17, 15) is 0 Å². The molecule has 0 atom stereocenters. The van der Waals surface area contributed by atoms with Crippen LogP contribution in [0, 0.1) is 5.92 Å². The lowest BCUT2D eigenvalue weighted by Gasteiger charge is -2.19. The average molecular weight is 256 g/mol. The highest BCUT2D eigenvalue weighted by atomic mass is 32.1. The van der Waals surface area contributed by atoms with E-state index in [1.54, 1.807) is 18.4 Å². The molecule has 0 saturated heterocycles. The van der Waals surface area contributed by atoms with Gasteiger partial charge in [0.05, 0.1) is 5.69 Å². The smallest absolute Gasteiger partial charge is 0.125 e. The number of thiazole rings is 1. The molecular formula is C13H24N2OS. The molecule has 17 heavy (non-hydrogen) atoms. The number of methoxy groups -OCH3 is 1. The predicted molar refractivity (Wildman–Crippen MR) is 73.5 cm³/mol. The molecule has 0 fully saturated rings. The van der Waals surface area contributed by atoms with E-state index in [4.69, 9.17) is 9.72 Å². The first-order valence-electron chi connectivity index (χ1n) is 6.09. The number of hydrogen-bond acceptors (Lipinski definition) is 4. The topological polar surface area (TPSA) is 34.1 Å². The number of aromatic nitrogens is 1. The Morgan fingerprint density at radius 1 is 1.41 bits per heavy atom. The molecule has 0 aliphatic carbocycles. The Balaban J connectivity index is 3.03. The second-order valence-corrected chi connectivity index (χ2v) is 6.32. The van der Waals surface area contributed by atoms with Gasteiger partial charge in [0.15, 0.2) is 0 Å². The van der Waals surface area contributed by atoms with Gasteiger partial charge in [-0.3, -0.25) is 0 Å². The van der Waals surface area contributed by atoms with E-state index in [1.165, 1.54) is 10.6 Å². The summed E-state index contributed by atoms with van der Waals surface area (Å²) >= 11 is 1.76.